The Labute approximate surface area is 117 Å². The molecule has 2 aliphatic rings. The molecule has 1 aliphatic heterocycles. The van der Waals surface area contributed by atoms with E-state index in [1.54, 1.807) is 12.1 Å². The van der Waals surface area contributed by atoms with Gasteiger partial charge in [0.2, 0.25) is 5.91 Å². The summed E-state index contributed by atoms with van der Waals surface area (Å²) in [5.74, 6) is -0.522. The third kappa shape index (κ3) is 2.66. The number of nitrogens with zero attached hydrogens (tertiary/aromatic N) is 1. The lowest BCUT2D eigenvalue weighted by Gasteiger charge is -2.17. The van der Waals surface area contributed by atoms with Gasteiger partial charge in [-0.3, -0.25) is 9.59 Å². The lowest BCUT2D eigenvalue weighted by atomic mass is 10.1. The Balaban J connectivity index is 1.58. The third-order valence-corrected chi connectivity index (χ3v) is 3.88. The summed E-state index contributed by atoms with van der Waals surface area (Å²) in [6.07, 6.45) is 2.71. The van der Waals surface area contributed by atoms with E-state index >= 15 is 0 Å². The average Bonchev–Trinajstić information content (AvgIpc) is 3.19. The molecule has 4 nitrogen and oxygen atoms in total. The predicted molar refractivity (Wildman–Crippen MR) is 71.6 cm³/mol. The summed E-state index contributed by atoms with van der Waals surface area (Å²) in [6.45, 7) is 1.22. The second kappa shape index (κ2) is 5.23. The number of nitrogens with one attached hydrogen (secondary N) is 1. The smallest absolute Gasteiger partial charge is 0.254 e. The molecule has 0 radical (unpaired) electrons. The van der Waals surface area contributed by atoms with Gasteiger partial charge in [0.25, 0.3) is 5.91 Å². The van der Waals surface area contributed by atoms with E-state index in [1.165, 1.54) is 12.1 Å². The summed E-state index contributed by atoms with van der Waals surface area (Å²) in [5, 5.41) is 2.81. The molecule has 1 unspecified atom stereocenters. The van der Waals surface area contributed by atoms with Gasteiger partial charge in [0, 0.05) is 25.0 Å². The van der Waals surface area contributed by atoms with Gasteiger partial charge in [-0.15, -0.1) is 0 Å². The second-order valence-corrected chi connectivity index (χ2v) is 5.50. The molecule has 1 aromatic rings. The van der Waals surface area contributed by atoms with Gasteiger partial charge in [-0.05, 0) is 31.4 Å². The van der Waals surface area contributed by atoms with Crippen LogP contribution in [0.1, 0.15) is 29.6 Å². The maximum atomic E-state index is 13.5. The van der Waals surface area contributed by atoms with Crippen LogP contribution in [0.2, 0.25) is 0 Å². The van der Waals surface area contributed by atoms with Crippen LogP contribution in [0.5, 0.6) is 0 Å². The predicted octanol–water partition coefficient (Wildman–Crippen LogP) is 1.57. The molecule has 106 valence electrons. The molecule has 1 aliphatic carbocycles. The highest BCUT2D eigenvalue weighted by Gasteiger charge is 2.36. The fraction of sp³-hybridized carbons (Fsp3) is 0.467. The van der Waals surface area contributed by atoms with Crippen molar-refractivity contribution in [1.82, 2.24) is 10.2 Å². The van der Waals surface area contributed by atoms with E-state index < -0.39 is 11.7 Å². The normalized spacial score (nSPS) is 21.9. The molecule has 20 heavy (non-hydrogen) atoms. The van der Waals surface area contributed by atoms with Crippen LogP contribution in [0.15, 0.2) is 24.3 Å². The first-order valence-electron chi connectivity index (χ1n) is 6.99. The molecule has 5 heteroatoms. The van der Waals surface area contributed by atoms with Gasteiger partial charge in [-0.25, -0.2) is 4.39 Å². The Morgan fingerprint density at radius 2 is 1.95 bits per heavy atom. The van der Waals surface area contributed by atoms with Crippen LogP contribution < -0.4 is 5.32 Å². The number of carbonyl (C=O) groups excluding carboxylic acids is 2. The highest BCUT2D eigenvalue weighted by molar-refractivity contribution is 5.94. The van der Waals surface area contributed by atoms with E-state index in [2.05, 4.69) is 5.32 Å². The molecule has 1 atom stereocenters. The maximum Gasteiger partial charge on any atom is 0.254 e. The lowest BCUT2D eigenvalue weighted by molar-refractivity contribution is -0.131. The van der Waals surface area contributed by atoms with E-state index in [4.69, 9.17) is 0 Å². The molecule has 1 saturated carbocycles. The van der Waals surface area contributed by atoms with Crippen LogP contribution in [0.25, 0.3) is 0 Å². The number of hydrogen-bond acceptors (Lipinski definition) is 2. The summed E-state index contributed by atoms with van der Waals surface area (Å²) >= 11 is 0. The highest BCUT2D eigenvalue weighted by atomic mass is 19.1. The summed E-state index contributed by atoms with van der Waals surface area (Å²) in [6, 6.07) is 5.84. The second-order valence-electron chi connectivity index (χ2n) is 5.50. The van der Waals surface area contributed by atoms with E-state index in [0.717, 1.165) is 19.3 Å². The van der Waals surface area contributed by atoms with Crippen LogP contribution in [0.4, 0.5) is 4.39 Å². The average molecular weight is 276 g/mol. The quantitative estimate of drug-likeness (QED) is 0.911. The Hall–Kier alpha value is -1.91. The topological polar surface area (TPSA) is 49.4 Å². The van der Waals surface area contributed by atoms with E-state index in [-0.39, 0.29) is 23.4 Å². The van der Waals surface area contributed by atoms with Crippen molar-refractivity contribution in [2.75, 3.05) is 13.1 Å². The molecule has 1 saturated heterocycles. The fourth-order valence-corrected chi connectivity index (χ4v) is 2.58. The van der Waals surface area contributed by atoms with Crippen LogP contribution in [0.3, 0.4) is 0 Å². The Bertz CT molecular complexity index is 542. The summed E-state index contributed by atoms with van der Waals surface area (Å²) < 4.78 is 13.5. The minimum Gasteiger partial charge on any atom is -0.347 e. The van der Waals surface area contributed by atoms with Gasteiger partial charge in [0.1, 0.15) is 5.82 Å². The van der Waals surface area contributed by atoms with Crippen LogP contribution in [0, 0.1) is 11.7 Å². The van der Waals surface area contributed by atoms with E-state index in [9.17, 15) is 14.0 Å². The number of benzene rings is 1. The molecule has 2 amide bonds. The largest absolute Gasteiger partial charge is 0.347 e. The Morgan fingerprint density at radius 1 is 1.20 bits per heavy atom. The minimum absolute atomic E-state index is 0.0551. The van der Waals surface area contributed by atoms with Crippen LogP contribution in [-0.4, -0.2) is 35.8 Å². The van der Waals surface area contributed by atoms with Gasteiger partial charge >= 0.3 is 0 Å². The number of rotatable bonds is 3. The number of hydrogen-bond donors (Lipinski definition) is 1. The standard InChI is InChI=1S/C15H17FN2O2/c16-13-4-2-1-3-12(13)14(19)17-11-7-8-18(9-11)15(20)10-5-6-10/h1-4,10-11H,5-9H2,(H,17,19). The zero-order valence-corrected chi connectivity index (χ0v) is 11.1. The zero-order chi connectivity index (χ0) is 14.1. The first-order valence-corrected chi connectivity index (χ1v) is 6.99. The molecule has 0 bridgehead atoms. The SMILES string of the molecule is O=C(NC1CCN(C(=O)C2CC2)C1)c1ccccc1F. The lowest BCUT2D eigenvalue weighted by Crippen LogP contribution is -2.39. The van der Waals surface area contributed by atoms with E-state index in [1.807, 2.05) is 4.90 Å². The van der Waals surface area contributed by atoms with Crippen molar-refractivity contribution in [3.8, 4) is 0 Å². The van der Waals surface area contributed by atoms with Gasteiger partial charge in [0.05, 0.1) is 5.56 Å². The van der Waals surface area contributed by atoms with Crippen molar-refractivity contribution in [2.24, 2.45) is 5.92 Å². The van der Waals surface area contributed by atoms with Crippen molar-refractivity contribution in [3.63, 3.8) is 0 Å². The fourth-order valence-electron chi connectivity index (χ4n) is 2.58. The molecule has 1 aromatic carbocycles. The van der Waals surface area contributed by atoms with Crippen molar-refractivity contribution >= 4 is 11.8 Å². The Morgan fingerprint density at radius 3 is 2.65 bits per heavy atom. The maximum absolute atomic E-state index is 13.5. The Kier molecular flexibility index (Phi) is 3.42. The number of carbonyl (C=O) groups is 2. The van der Waals surface area contributed by atoms with Gasteiger partial charge in [0.15, 0.2) is 0 Å². The molecule has 0 spiro atoms. The third-order valence-electron chi connectivity index (χ3n) is 3.88. The number of amides is 2. The molecule has 1 N–H and O–H groups in total. The molecule has 1 heterocycles. The van der Waals surface area contributed by atoms with E-state index in [0.29, 0.717) is 13.1 Å². The molecular formula is C15H17FN2O2. The summed E-state index contributed by atoms with van der Waals surface area (Å²) in [5.41, 5.74) is 0.0551. The van der Waals surface area contributed by atoms with Crippen molar-refractivity contribution in [3.05, 3.63) is 35.6 Å². The van der Waals surface area contributed by atoms with Gasteiger partial charge in [-0.1, -0.05) is 12.1 Å². The monoisotopic (exact) mass is 276 g/mol. The van der Waals surface area contributed by atoms with Crippen molar-refractivity contribution in [1.29, 1.82) is 0 Å². The summed E-state index contributed by atoms with van der Waals surface area (Å²) in [4.78, 5) is 25.7. The molecule has 0 aromatic heterocycles. The zero-order valence-electron chi connectivity index (χ0n) is 11.1. The minimum atomic E-state index is -0.520. The number of halogens is 1. The summed E-state index contributed by atoms with van der Waals surface area (Å²) in [7, 11) is 0. The van der Waals surface area contributed by atoms with Gasteiger partial charge in [-0.2, -0.15) is 0 Å². The van der Waals surface area contributed by atoms with Crippen LogP contribution >= 0.6 is 0 Å². The highest BCUT2D eigenvalue weighted by Crippen LogP contribution is 2.32. The van der Waals surface area contributed by atoms with Gasteiger partial charge < -0.3 is 10.2 Å². The van der Waals surface area contributed by atoms with Crippen molar-refractivity contribution in [2.45, 2.75) is 25.3 Å². The first-order chi connectivity index (χ1) is 9.65. The van der Waals surface area contributed by atoms with Crippen LogP contribution in [-0.2, 0) is 4.79 Å². The molecular weight excluding hydrogens is 259 g/mol. The molecule has 3 rings (SSSR count). The first kappa shape index (κ1) is 13.1. The number of likely N-dealkylation sites (tertiary alicyclic amines) is 1. The van der Waals surface area contributed by atoms with Crippen molar-refractivity contribution < 1.29 is 14.0 Å². The molecule has 2 fully saturated rings.